The first-order valence-electron chi connectivity index (χ1n) is 6.57. The Morgan fingerprint density at radius 2 is 2.17 bits per heavy atom. The van der Waals surface area contributed by atoms with Crippen molar-refractivity contribution in [2.24, 2.45) is 0 Å². The van der Waals surface area contributed by atoms with E-state index in [1.807, 2.05) is 20.8 Å². The Hall–Kier alpha value is -1.35. The molecule has 0 fully saturated rings. The first-order valence-corrected chi connectivity index (χ1v) is 6.57. The number of carbonyl (C=O) groups excluding carboxylic acids is 1. The van der Waals surface area contributed by atoms with E-state index in [0.717, 1.165) is 25.1 Å². The first kappa shape index (κ1) is 13.1. The van der Waals surface area contributed by atoms with Gasteiger partial charge in [0.15, 0.2) is 0 Å². The minimum Gasteiger partial charge on any atom is -0.351 e. The Morgan fingerprint density at radius 1 is 1.39 bits per heavy atom. The molecule has 2 rings (SSSR count). The zero-order valence-corrected chi connectivity index (χ0v) is 11.5. The molecular formula is C15H22N2O. The molecule has 1 aromatic carbocycles. The first-order chi connectivity index (χ1) is 8.46. The highest BCUT2D eigenvalue weighted by molar-refractivity contribution is 5.79. The Bertz CT molecular complexity index is 446. The molecule has 0 bridgehead atoms. The third-order valence-corrected chi connectivity index (χ3v) is 3.11. The van der Waals surface area contributed by atoms with Crippen molar-refractivity contribution in [3.8, 4) is 0 Å². The highest BCUT2D eigenvalue weighted by Crippen LogP contribution is 2.19. The maximum Gasteiger partial charge on any atom is 0.224 e. The Balaban J connectivity index is 2.12. The monoisotopic (exact) mass is 246 g/mol. The Labute approximate surface area is 109 Å². The van der Waals surface area contributed by atoms with E-state index in [2.05, 4.69) is 28.8 Å². The van der Waals surface area contributed by atoms with E-state index in [0.29, 0.717) is 6.42 Å². The zero-order valence-electron chi connectivity index (χ0n) is 11.5. The van der Waals surface area contributed by atoms with Crippen LogP contribution in [0.4, 0.5) is 0 Å². The van der Waals surface area contributed by atoms with E-state index in [9.17, 15) is 4.79 Å². The molecule has 0 spiro atoms. The lowest BCUT2D eigenvalue weighted by Gasteiger charge is -2.23. The van der Waals surface area contributed by atoms with Crippen LogP contribution in [0.2, 0.25) is 0 Å². The molecule has 0 atom stereocenters. The van der Waals surface area contributed by atoms with Crippen LogP contribution in [0.3, 0.4) is 0 Å². The lowest BCUT2D eigenvalue weighted by molar-refractivity contribution is -0.121. The van der Waals surface area contributed by atoms with Gasteiger partial charge in [-0.3, -0.25) is 4.79 Å². The van der Waals surface area contributed by atoms with Gasteiger partial charge in [0.25, 0.3) is 0 Å². The molecule has 1 aliphatic heterocycles. The number of carbonyl (C=O) groups is 1. The summed E-state index contributed by atoms with van der Waals surface area (Å²) < 4.78 is 0. The second kappa shape index (κ2) is 5.11. The smallest absolute Gasteiger partial charge is 0.224 e. The molecule has 0 saturated heterocycles. The third kappa shape index (κ3) is 3.33. The van der Waals surface area contributed by atoms with Crippen molar-refractivity contribution in [3.63, 3.8) is 0 Å². The summed E-state index contributed by atoms with van der Waals surface area (Å²) in [7, 11) is 0. The molecule has 3 nitrogen and oxygen atoms in total. The molecule has 0 unspecified atom stereocenters. The summed E-state index contributed by atoms with van der Waals surface area (Å²) in [6, 6.07) is 6.29. The topological polar surface area (TPSA) is 41.1 Å². The average Bonchev–Trinajstić information content (AvgIpc) is 2.27. The van der Waals surface area contributed by atoms with Crippen LogP contribution in [-0.2, 0) is 24.2 Å². The maximum atomic E-state index is 12.0. The predicted molar refractivity (Wildman–Crippen MR) is 73.5 cm³/mol. The molecule has 0 aromatic heterocycles. The zero-order chi connectivity index (χ0) is 13.2. The van der Waals surface area contributed by atoms with Gasteiger partial charge in [-0.1, -0.05) is 18.2 Å². The van der Waals surface area contributed by atoms with E-state index in [1.54, 1.807) is 0 Å². The number of amides is 1. The largest absolute Gasteiger partial charge is 0.351 e. The Morgan fingerprint density at radius 3 is 2.89 bits per heavy atom. The van der Waals surface area contributed by atoms with Gasteiger partial charge in [-0.2, -0.15) is 0 Å². The second-order valence-electron chi connectivity index (χ2n) is 5.96. The minimum absolute atomic E-state index is 0.0986. The van der Waals surface area contributed by atoms with Gasteiger partial charge in [0.05, 0.1) is 6.42 Å². The van der Waals surface area contributed by atoms with Gasteiger partial charge in [-0.05, 0) is 50.4 Å². The van der Waals surface area contributed by atoms with Crippen molar-refractivity contribution in [2.45, 2.75) is 45.7 Å². The van der Waals surface area contributed by atoms with Gasteiger partial charge in [0.2, 0.25) is 5.91 Å². The lowest BCUT2D eigenvalue weighted by atomic mass is 9.94. The highest BCUT2D eigenvalue weighted by atomic mass is 16.1. The molecule has 98 valence electrons. The summed E-state index contributed by atoms with van der Waals surface area (Å²) in [5.41, 5.74) is 3.69. The van der Waals surface area contributed by atoms with Gasteiger partial charge in [-0.15, -0.1) is 0 Å². The van der Waals surface area contributed by atoms with Crippen LogP contribution < -0.4 is 10.6 Å². The molecule has 18 heavy (non-hydrogen) atoms. The van der Waals surface area contributed by atoms with Crippen LogP contribution >= 0.6 is 0 Å². The molecule has 1 aliphatic rings. The lowest BCUT2D eigenvalue weighted by Crippen LogP contribution is -2.41. The van der Waals surface area contributed by atoms with Crippen molar-refractivity contribution in [3.05, 3.63) is 34.9 Å². The summed E-state index contributed by atoms with van der Waals surface area (Å²) in [4.78, 5) is 12.0. The van der Waals surface area contributed by atoms with Crippen molar-refractivity contribution < 1.29 is 4.79 Å². The fourth-order valence-electron chi connectivity index (χ4n) is 2.39. The van der Waals surface area contributed by atoms with Gasteiger partial charge >= 0.3 is 0 Å². The predicted octanol–water partition coefficient (Wildman–Crippen LogP) is 1.79. The minimum atomic E-state index is -0.163. The maximum absolute atomic E-state index is 12.0. The number of fused-ring (bicyclic) bond motifs is 1. The summed E-state index contributed by atoms with van der Waals surface area (Å²) in [5.74, 6) is 0.0986. The van der Waals surface area contributed by atoms with Gasteiger partial charge in [0.1, 0.15) is 0 Å². The van der Waals surface area contributed by atoms with E-state index in [1.165, 1.54) is 11.1 Å². The van der Waals surface area contributed by atoms with Crippen LogP contribution in [0.1, 0.15) is 37.5 Å². The number of rotatable bonds is 2. The summed E-state index contributed by atoms with van der Waals surface area (Å²) in [5, 5.41) is 6.39. The molecular weight excluding hydrogens is 224 g/mol. The number of benzene rings is 1. The fourth-order valence-corrected chi connectivity index (χ4v) is 2.39. The number of hydrogen-bond donors (Lipinski definition) is 2. The van der Waals surface area contributed by atoms with Crippen molar-refractivity contribution >= 4 is 5.91 Å². The van der Waals surface area contributed by atoms with Crippen molar-refractivity contribution in [2.75, 3.05) is 6.54 Å². The number of nitrogens with one attached hydrogen (secondary N) is 2. The van der Waals surface area contributed by atoms with E-state index in [-0.39, 0.29) is 11.4 Å². The van der Waals surface area contributed by atoms with Gasteiger partial charge in [0, 0.05) is 12.1 Å². The van der Waals surface area contributed by atoms with Crippen molar-refractivity contribution in [1.82, 2.24) is 10.6 Å². The molecule has 1 aromatic rings. The fraction of sp³-hybridized carbons (Fsp3) is 0.533. The standard InChI is InChI=1S/C15H22N2O/c1-15(2,3)17-14(18)9-12-6-4-5-11-7-8-16-10-13(11)12/h4-6,16H,7-10H2,1-3H3,(H,17,18). The van der Waals surface area contributed by atoms with Crippen LogP contribution in [0.25, 0.3) is 0 Å². The van der Waals surface area contributed by atoms with Crippen LogP contribution in [0, 0.1) is 0 Å². The molecule has 0 aliphatic carbocycles. The third-order valence-electron chi connectivity index (χ3n) is 3.11. The molecule has 2 N–H and O–H groups in total. The summed E-state index contributed by atoms with van der Waals surface area (Å²) in [6.45, 7) is 7.94. The van der Waals surface area contributed by atoms with Crippen LogP contribution in [0.15, 0.2) is 18.2 Å². The van der Waals surface area contributed by atoms with Crippen molar-refractivity contribution in [1.29, 1.82) is 0 Å². The van der Waals surface area contributed by atoms with E-state index >= 15 is 0 Å². The van der Waals surface area contributed by atoms with Crippen LogP contribution in [0.5, 0.6) is 0 Å². The quantitative estimate of drug-likeness (QED) is 0.835. The Kier molecular flexibility index (Phi) is 3.71. The van der Waals surface area contributed by atoms with Gasteiger partial charge < -0.3 is 10.6 Å². The van der Waals surface area contributed by atoms with E-state index < -0.39 is 0 Å². The molecule has 0 saturated carbocycles. The van der Waals surface area contributed by atoms with Crippen LogP contribution in [-0.4, -0.2) is 18.0 Å². The average molecular weight is 246 g/mol. The SMILES string of the molecule is CC(C)(C)NC(=O)Cc1cccc2c1CNCC2. The molecule has 0 radical (unpaired) electrons. The molecule has 3 heteroatoms. The normalized spacial score (nSPS) is 15.1. The number of hydrogen-bond acceptors (Lipinski definition) is 2. The highest BCUT2D eigenvalue weighted by Gasteiger charge is 2.17. The molecule has 1 heterocycles. The molecule has 1 amide bonds. The summed E-state index contributed by atoms with van der Waals surface area (Å²) in [6.07, 6.45) is 1.53. The second-order valence-corrected chi connectivity index (χ2v) is 5.96. The van der Waals surface area contributed by atoms with E-state index in [4.69, 9.17) is 0 Å². The van der Waals surface area contributed by atoms with Gasteiger partial charge in [-0.25, -0.2) is 0 Å². The summed E-state index contributed by atoms with van der Waals surface area (Å²) >= 11 is 0.